The number of hydrogen-bond acceptors (Lipinski definition) is 3. The van der Waals surface area contributed by atoms with Gasteiger partial charge in [0.15, 0.2) is 0 Å². The number of ether oxygens (including phenoxy) is 1. The van der Waals surface area contributed by atoms with E-state index in [2.05, 4.69) is 10.5 Å². The van der Waals surface area contributed by atoms with E-state index in [0.29, 0.717) is 17.2 Å². The van der Waals surface area contributed by atoms with Gasteiger partial charge in [-0.1, -0.05) is 41.9 Å². The predicted octanol–water partition coefficient (Wildman–Crippen LogP) is 5.47. The van der Waals surface area contributed by atoms with Gasteiger partial charge in [0.2, 0.25) is 0 Å². The van der Waals surface area contributed by atoms with E-state index in [0.717, 1.165) is 22.6 Å². The highest BCUT2D eigenvalue weighted by molar-refractivity contribution is 6.31. The maximum Gasteiger partial charge on any atom is 0.273 e. The molecule has 0 unspecified atom stereocenters. The van der Waals surface area contributed by atoms with Crippen molar-refractivity contribution in [3.8, 4) is 11.4 Å². The summed E-state index contributed by atoms with van der Waals surface area (Å²) in [6, 6.07) is 26.2. The number of nitrogens with zero attached hydrogens (tertiary/aromatic N) is 2. The molecule has 0 aliphatic heterocycles. The summed E-state index contributed by atoms with van der Waals surface area (Å²) in [6.07, 6.45) is 5.38. The topological polar surface area (TPSA) is 55.6 Å². The minimum Gasteiger partial charge on any atom is -0.489 e. The molecule has 0 fully saturated rings. The van der Waals surface area contributed by atoms with Gasteiger partial charge >= 0.3 is 0 Å². The Kier molecular flexibility index (Phi) is 6.45. The third-order valence-electron chi connectivity index (χ3n) is 4.64. The van der Waals surface area contributed by atoms with Crippen LogP contribution in [0.3, 0.4) is 0 Å². The molecule has 1 heterocycles. The summed E-state index contributed by atoms with van der Waals surface area (Å²) in [7, 11) is 0. The summed E-state index contributed by atoms with van der Waals surface area (Å²) in [5, 5.41) is 4.76. The second-order valence-corrected chi connectivity index (χ2v) is 7.16. The summed E-state index contributed by atoms with van der Waals surface area (Å²) < 4.78 is 7.66. The van der Waals surface area contributed by atoms with Gasteiger partial charge in [0.1, 0.15) is 12.4 Å². The minimum atomic E-state index is -0.278. The van der Waals surface area contributed by atoms with Crippen LogP contribution in [0.15, 0.2) is 102 Å². The van der Waals surface area contributed by atoms with Crippen LogP contribution in [-0.4, -0.2) is 16.7 Å². The second kappa shape index (κ2) is 9.78. The fourth-order valence-electron chi connectivity index (χ4n) is 3.04. The number of amides is 1. The highest BCUT2D eigenvalue weighted by atomic mass is 35.5. The summed E-state index contributed by atoms with van der Waals surface area (Å²) in [5.74, 6) is 0.446. The van der Waals surface area contributed by atoms with E-state index < -0.39 is 0 Å². The summed E-state index contributed by atoms with van der Waals surface area (Å²) >= 11 is 6.15. The van der Waals surface area contributed by atoms with Crippen molar-refractivity contribution in [3.63, 3.8) is 0 Å². The van der Waals surface area contributed by atoms with Crippen LogP contribution in [0.25, 0.3) is 5.69 Å². The number of hydrazone groups is 1. The highest BCUT2D eigenvalue weighted by Crippen LogP contribution is 2.19. The van der Waals surface area contributed by atoms with Gasteiger partial charge in [0, 0.05) is 23.0 Å². The molecule has 0 bridgehead atoms. The molecule has 3 aromatic carbocycles. The number of para-hydroxylation sites is 1. The Labute approximate surface area is 185 Å². The molecule has 4 rings (SSSR count). The third-order valence-corrected chi connectivity index (χ3v) is 5.01. The van der Waals surface area contributed by atoms with Gasteiger partial charge in [0.05, 0.1) is 17.5 Å². The molecular formula is C25H20ClN3O2. The molecule has 5 nitrogen and oxygen atoms in total. The minimum absolute atomic E-state index is 0.278. The van der Waals surface area contributed by atoms with Gasteiger partial charge in [-0.15, -0.1) is 0 Å². The average Bonchev–Trinajstić information content (AvgIpc) is 3.34. The maximum absolute atomic E-state index is 12.6. The molecule has 31 heavy (non-hydrogen) atoms. The molecule has 0 aliphatic rings. The zero-order valence-electron chi connectivity index (χ0n) is 16.6. The first-order chi connectivity index (χ1) is 15.2. The van der Waals surface area contributed by atoms with E-state index >= 15 is 0 Å². The first kappa shape index (κ1) is 20.4. The molecule has 0 saturated heterocycles. The molecule has 0 saturated carbocycles. The smallest absolute Gasteiger partial charge is 0.273 e. The van der Waals surface area contributed by atoms with Crippen molar-refractivity contribution < 1.29 is 9.53 Å². The van der Waals surface area contributed by atoms with Crippen LogP contribution in [0.2, 0.25) is 5.02 Å². The van der Waals surface area contributed by atoms with E-state index in [1.165, 1.54) is 0 Å². The van der Waals surface area contributed by atoms with Crippen LogP contribution in [0.4, 0.5) is 0 Å². The van der Waals surface area contributed by atoms with Crippen LogP contribution in [0.5, 0.6) is 5.75 Å². The van der Waals surface area contributed by atoms with E-state index in [1.807, 2.05) is 95.8 Å². The van der Waals surface area contributed by atoms with Gasteiger partial charge in [-0.25, -0.2) is 5.43 Å². The Morgan fingerprint density at radius 3 is 2.42 bits per heavy atom. The number of carbonyl (C=O) groups is 1. The zero-order valence-corrected chi connectivity index (χ0v) is 17.4. The molecule has 0 radical (unpaired) electrons. The fourth-order valence-corrected chi connectivity index (χ4v) is 3.23. The molecular weight excluding hydrogens is 410 g/mol. The lowest BCUT2D eigenvalue weighted by atomic mass is 10.1. The van der Waals surface area contributed by atoms with Crippen LogP contribution in [-0.2, 0) is 6.61 Å². The first-order valence-corrected chi connectivity index (χ1v) is 10.1. The number of benzene rings is 3. The lowest BCUT2D eigenvalue weighted by Gasteiger charge is -2.09. The Balaban J connectivity index is 1.35. The van der Waals surface area contributed by atoms with Gasteiger partial charge in [-0.2, -0.15) is 5.10 Å². The van der Waals surface area contributed by atoms with E-state index in [-0.39, 0.29) is 5.91 Å². The molecule has 1 N–H and O–H groups in total. The normalized spacial score (nSPS) is 10.9. The molecule has 154 valence electrons. The number of nitrogens with one attached hydrogen (secondary N) is 1. The number of hydrogen-bond donors (Lipinski definition) is 1. The van der Waals surface area contributed by atoms with Crippen molar-refractivity contribution in [1.29, 1.82) is 0 Å². The van der Waals surface area contributed by atoms with Crippen molar-refractivity contribution in [2.45, 2.75) is 6.61 Å². The number of halogens is 1. The van der Waals surface area contributed by atoms with Crippen molar-refractivity contribution >= 4 is 23.7 Å². The molecule has 0 spiro atoms. The molecule has 6 heteroatoms. The average molecular weight is 430 g/mol. The summed E-state index contributed by atoms with van der Waals surface area (Å²) in [5.41, 5.74) is 5.69. The molecule has 0 atom stereocenters. The van der Waals surface area contributed by atoms with Crippen LogP contribution >= 0.6 is 11.6 Å². The highest BCUT2D eigenvalue weighted by Gasteiger charge is 2.10. The van der Waals surface area contributed by atoms with Gasteiger partial charge < -0.3 is 9.30 Å². The largest absolute Gasteiger partial charge is 0.489 e. The Morgan fingerprint density at radius 1 is 0.935 bits per heavy atom. The maximum atomic E-state index is 12.6. The van der Waals surface area contributed by atoms with Crippen molar-refractivity contribution in [2.24, 2.45) is 5.10 Å². The molecule has 1 aromatic heterocycles. The van der Waals surface area contributed by atoms with Crippen molar-refractivity contribution in [2.75, 3.05) is 0 Å². The van der Waals surface area contributed by atoms with Crippen LogP contribution < -0.4 is 10.2 Å². The van der Waals surface area contributed by atoms with Gasteiger partial charge in [-0.3, -0.25) is 4.79 Å². The standard InChI is InChI=1S/C25H20ClN3O2/c26-23-9-3-1-7-20(23)18-31-21-13-11-19(12-14-21)17-27-28-25(30)22-8-2-4-10-24(22)29-15-5-6-16-29/h1-17H,18H2,(H,28,30)/b27-17+. The molecule has 4 aromatic rings. The van der Waals surface area contributed by atoms with E-state index in [9.17, 15) is 4.79 Å². The number of rotatable bonds is 7. The Hall–Kier alpha value is -3.83. The van der Waals surface area contributed by atoms with Crippen molar-refractivity contribution in [1.82, 2.24) is 9.99 Å². The number of carbonyl (C=O) groups excluding carboxylic acids is 1. The van der Waals surface area contributed by atoms with Crippen molar-refractivity contribution in [3.05, 3.63) is 119 Å². The van der Waals surface area contributed by atoms with Gasteiger partial charge in [0.25, 0.3) is 5.91 Å². The molecule has 1 amide bonds. The van der Waals surface area contributed by atoms with E-state index in [4.69, 9.17) is 16.3 Å². The first-order valence-electron chi connectivity index (χ1n) is 9.73. The SMILES string of the molecule is O=C(N/N=C/c1ccc(OCc2ccccc2Cl)cc1)c1ccccc1-n1cccc1. The monoisotopic (exact) mass is 429 g/mol. The predicted molar refractivity (Wildman–Crippen MR) is 123 cm³/mol. The number of aromatic nitrogens is 1. The van der Waals surface area contributed by atoms with Crippen LogP contribution in [0, 0.1) is 0 Å². The quantitative estimate of drug-likeness (QED) is 0.312. The lowest BCUT2D eigenvalue weighted by molar-refractivity contribution is 0.0955. The lowest BCUT2D eigenvalue weighted by Crippen LogP contribution is -2.19. The van der Waals surface area contributed by atoms with E-state index in [1.54, 1.807) is 12.3 Å². The fraction of sp³-hybridized carbons (Fsp3) is 0.0400. The third kappa shape index (κ3) is 5.21. The zero-order chi connectivity index (χ0) is 21.5. The van der Waals surface area contributed by atoms with Gasteiger partial charge in [-0.05, 0) is 60.2 Å². The van der Waals surface area contributed by atoms with Crippen LogP contribution in [0.1, 0.15) is 21.5 Å². The summed E-state index contributed by atoms with van der Waals surface area (Å²) in [6.45, 7) is 0.393. The Bertz CT molecular complexity index is 1190. The second-order valence-electron chi connectivity index (χ2n) is 6.76. The Morgan fingerprint density at radius 2 is 1.65 bits per heavy atom. The molecule has 0 aliphatic carbocycles. The summed E-state index contributed by atoms with van der Waals surface area (Å²) in [4.78, 5) is 12.6.